The van der Waals surface area contributed by atoms with Gasteiger partial charge in [0.05, 0.1) is 5.69 Å². The Bertz CT molecular complexity index is 983. The lowest BCUT2D eigenvalue weighted by molar-refractivity contribution is -0.192. The molecule has 6 nitrogen and oxygen atoms in total. The maximum Gasteiger partial charge on any atom is 0.490 e. The number of rotatable bonds is 5. The first-order valence-corrected chi connectivity index (χ1v) is 10.4. The molecule has 1 N–H and O–H groups in total. The van der Waals surface area contributed by atoms with Gasteiger partial charge < -0.3 is 10.0 Å². The zero-order chi connectivity index (χ0) is 23.0. The molecule has 1 aliphatic heterocycles. The van der Waals surface area contributed by atoms with E-state index in [0.717, 1.165) is 12.1 Å². The van der Waals surface area contributed by atoms with Gasteiger partial charge in [-0.25, -0.2) is 14.5 Å². The standard InChI is InChI=1S/C21H24N4.C2HF3O2/c1-2-12-24(13-3-1)14-11-18-7-9-19(10-8-18)20-5-4-6-21(15-20)25-17-22-16-23-25;3-2(4,5)1(6)7/h4-10,15-17H,1-3,11-14H2;(H,6,7). The van der Waals surface area contributed by atoms with Gasteiger partial charge in [0.25, 0.3) is 0 Å². The predicted molar refractivity (Wildman–Crippen MR) is 114 cm³/mol. The third-order valence-electron chi connectivity index (χ3n) is 5.22. The summed E-state index contributed by atoms with van der Waals surface area (Å²) in [4.78, 5) is 15.5. The highest BCUT2D eigenvalue weighted by molar-refractivity contribution is 5.73. The molecule has 2 aromatic carbocycles. The summed E-state index contributed by atoms with van der Waals surface area (Å²) in [5.41, 5.74) is 4.89. The van der Waals surface area contributed by atoms with Crippen molar-refractivity contribution in [1.82, 2.24) is 19.7 Å². The minimum atomic E-state index is -5.08. The van der Waals surface area contributed by atoms with E-state index in [0.29, 0.717) is 0 Å². The van der Waals surface area contributed by atoms with Gasteiger partial charge in [-0.15, -0.1) is 0 Å². The average Bonchev–Trinajstić information content (AvgIpc) is 3.34. The molecule has 0 unspecified atom stereocenters. The lowest BCUT2D eigenvalue weighted by Gasteiger charge is -2.26. The van der Waals surface area contributed by atoms with Crippen LogP contribution in [-0.2, 0) is 11.2 Å². The van der Waals surface area contributed by atoms with Crippen LogP contribution in [0.5, 0.6) is 0 Å². The van der Waals surface area contributed by atoms with Crippen LogP contribution >= 0.6 is 0 Å². The van der Waals surface area contributed by atoms with Gasteiger partial charge in [0.1, 0.15) is 12.7 Å². The first kappa shape index (κ1) is 23.5. The molecular formula is C23H25F3N4O2. The number of hydrogen-bond acceptors (Lipinski definition) is 4. The predicted octanol–water partition coefficient (Wildman–Crippen LogP) is 4.60. The topological polar surface area (TPSA) is 71.2 Å². The zero-order valence-corrected chi connectivity index (χ0v) is 17.5. The molecule has 4 rings (SSSR count). The largest absolute Gasteiger partial charge is 0.490 e. The molecule has 0 spiro atoms. The highest BCUT2D eigenvalue weighted by Crippen LogP contribution is 2.22. The highest BCUT2D eigenvalue weighted by Gasteiger charge is 2.38. The number of hydrogen-bond donors (Lipinski definition) is 1. The molecule has 0 saturated carbocycles. The molecule has 9 heteroatoms. The summed E-state index contributed by atoms with van der Waals surface area (Å²) in [6.07, 6.45) is 3.47. The van der Waals surface area contributed by atoms with Gasteiger partial charge in [0, 0.05) is 6.54 Å². The molecule has 3 aromatic rings. The second-order valence-corrected chi connectivity index (χ2v) is 7.54. The van der Waals surface area contributed by atoms with Gasteiger partial charge >= 0.3 is 12.1 Å². The average molecular weight is 446 g/mol. The van der Waals surface area contributed by atoms with Crippen molar-refractivity contribution in [3.8, 4) is 16.8 Å². The summed E-state index contributed by atoms with van der Waals surface area (Å²) in [6, 6.07) is 17.4. The van der Waals surface area contributed by atoms with Crippen LogP contribution in [0.3, 0.4) is 0 Å². The van der Waals surface area contributed by atoms with Crippen LogP contribution in [0, 0.1) is 0 Å². The number of carboxylic acid groups (broad SMARTS) is 1. The summed E-state index contributed by atoms with van der Waals surface area (Å²) < 4.78 is 33.5. The Morgan fingerprint density at radius 1 is 1.00 bits per heavy atom. The maximum atomic E-state index is 10.6. The number of aliphatic carboxylic acids is 1. The van der Waals surface area contributed by atoms with E-state index in [1.807, 2.05) is 6.07 Å². The molecule has 2 heterocycles. The van der Waals surface area contributed by atoms with Crippen molar-refractivity contribution in [2.45, 2.75) is 31.9 Å². The van der Waals surface area contributed by atoms with Crippen molar-refractivity contribution < 1.29 is 23.1 Å². The van der Waals surface area contributed by atoms with Crippen LogP contribution in [0.25, 0.3) is 16.8 Å². The molecule has 0 aliphatic carbocycles. The molecule has 0 atom stereocenters. The minimum absolute atomic E-state index is 1.03. The number of aromatic nitrogens is 3. The molecule has 1 aliphatic rings. The van der Waals surface area contributed by atoms with E-state index in [4.69, 9.17) is 9.90 Å². The van der Waals surface area contributed by atoms with Crippen LogP contribution in [0.2, 0.25) is 0 Å². The van der Waals surface area contributed by atoms with Gasteiger partial charge in [-0.1, -0.05) is 42.8 Å². The first-order chi connectivity index (χ1) is 15.3. The Labute approximate surface area is 184 Å². The number of piperidine rings is 1. The number of likely N-dealkylation sites (tertiary alicyclic amines) is 1. The van der Waals surface area contributed by atoms with E-state index in [1.54, 1.807) is 17.3 Å². The molecule has 0 amide bonds. The van der Waals surface area contributed by atoms with Crippen LogP contribution in [0.1, 0.15) is 24.8 Å². The summed E-state index contributed by atoms with van der Waals surface area (Å²) in [6.45, 7) is 3.72. The summed E-state index contributed by atoms with van der Waals surface area (Å²) in [5.74, 6) is -2.76. The lowest BCUT2D eigenvalue weighted by Crippen LogP contribution is -2.31. The third-order valence-corrected chi connectivity index (χ3v) is 5.22. The van der Waals surface area contributed by atoms with Crippen LogP contribution in [0.4, 0.5) is 13.2 Å². The zero-order valence-electron chi connectivity index (χ0n) is 17.5. The van der Waals surface area contributed by atoms with Gasteiger partial charge in [-0.2, -0.15) is 18.3 Å². The molecule has 170 valence electrons. The summed E-state index contributed by atoms with van der Waals surface area (Å²) >= 11 is 0. The molecule has 0 radical (unpaired) electrons. The molecule has 0 bridgehead atoms. The Kier molecular flexibility index (Phi) is 7.99. The molecule has 32 heavy (non-hydrogen) atoms. The number of alkyl halides is 3. The van der Waals surface area contributed by atoms with Gasteiger partial charge in [-0.3, -0.25) is 0 Å². The SMILES string of the molecule is O=C(O)C(F)(F)F.c1cc(-c2ccc(CCN3CCCCC3)cc2)cc(-n2cncn2)c1. The second kappa shape index (κ2) is 10.9. The molecule has 1 aromatic heterocycles. The van der Waals surface area contributed by atoms with Crippen molar-refractivity contribution in [1.29, 1.82) is 0 Å². The first-order valence-electron chi connectivity index (χ1n) is 10.4. The van der Waals surface area contributed by atoms with Crippen LogP contribution in [0.15, 0.2) is 61.2 Å². The monoisotopic (exact) mass is 446 g/mol. The van der Waals surface area contributed by atoms with E-state index in [2.05, 4.69) is 57.4 Å². The van der Waals surface area contributed by atoms with Crippen molar-refractivity contribution in [3.05, 3.63) is 66.7 Å². The van der Waals surface area contributed by atoms with Crippen molar-refractivity contribution in [2.75, 3.05) is 19.6 Å². The van der Waals surface area contributed by atoms with E-state index in [-0.39, 0.29) is 0 Å². The molecule has 1 fully saturated rings. The fourth-order valence-corrected chi connectivity index (χ4v) is 3.50. The fourth-order valence-electron chi connectivity index (χ4n) is 3.50. The van der Waals surface area contributed by atoms with Crippen LogP contribution < -0.4 is 0 Å². The van der Waals surface area contributed by atoms with E-state index in [1.165, 1.54) is 55.6 Å². The number of benzene rings is 2. The number of halogens is 3. The van der Waals surface area contributed by atoms with Gasteiger partial charge in [0.2, 0.25) is 0 Å². The van der Waals surface area contributed by atoms with E-state index < -0.39 is 12.1 Å². The number of carbonyl (C=O) groups is 1. The summed E-state index contributed by atoms with van der Waals surface area (Å²) in [7, 11) is 0. The maximum absolute atomic E-state index is 10.6. The Morgan fingerprint density at radius 3 is 2.28 bits per heavy atom. The van der Waals surface area contributed by atoms with Crippen molar-refractivity contribution in [2.24, 2.45) is 0 Å². The fraction of sp³-hybridized carbons (Fsp3) is 0.348. The Balaban J connectivity index is 0.000000360. The second-order valence-electron chi connectivity index (χ2n) is 7.54. The smallest absolute Gasteiger partial charge is 0.475 e. The minimum Gasteiger partial charge on any atom is -0.475 e. The van der Waals surface area contributed by atoms with Gasteiger partial charge in [-0.05, 0) is 61.2 Å². The van der Waals surface area contributed by atoms with Gasteiger partial charge in [0.15, 0.2) is 0 Å². The number of nitrogens with zero attached hydrogens (tertiary/aromatic N) is 4. The molecular weight excluding hydrogens is 421 g/mol. The highest BCUT2D eigenvalue weighted by atomic mass is 19.4. The Morgan fingerprint density at radius 2 is 1.69 bits per heavy atom. The van der Waals surface area contributed by atoms with E-state index >= 15 is 0 Å². The molecule has 1 saturated heterocycles. The normalized spacial score (nSPS) is 14.5. The summed E-state index contributed by atoms with van der Waals surface area (Å²) in [5, 5.41) is 11.3. The Hall–Kier alpha value is -3.20. The third kappa shape index (κ3) is 6.91. The van der Waals surface area contributed by atoms with E-state index in [9.17, 15) is 13.2 Å². The van der Waals surface area contributed by atoms with Crippen molar-refractivity contribution in [3.63, 3.8) is 0 Å². The van der Waals surface area contributed by atoms with Crippen LogP contribution in [-0.4, -0.2) is 56.6 Å². The lowest BCUT2D eigenvalue weighted by atomic mass is 10.0. The number of carboxylic acids is 1. The quantitative estimate of drug-likeness (QED) is 0.621. The van der Waals surface area contributed by atoms with Crippen molar-refractivity contribution >= 4 is 5.97 Å².